The minimum Gasteiger partial charge on any atom is -0.361 e. The third kappa shape index (κ3) is 2.56. The van der Waals surface area contributed by atoms with E-state index >= 15 is 0 Å². The number of amides is 1. The Balaban J connectivity index is 1.63. The van der Waals surface area contributed by atoms with Crippen LogP contribution in [0, 0.1) is 5.92 Å². The Hall–Kier alpha value is -1.81. The van der Waals surface area contributed by atoms with Gasteiger partial charge in [0.2, 0.25) is 5.91 Å². The molecule has 0 unspecified atom stereocenters. The maximum absolute atomic E-state index is 12.1. The molecule has 0 aliphatic heterocycles. The van der Waals surface area contributed by atoms with Gasteiger partial charge in [0, 0.05) is 23.1 Å². The lowest BCUT2D eigenvalue weighted by Crippen LogP contribution is -2.50. The monoisotopic (exact) mass is 271 g/mol. The molecule has 4 heteroatoms. The third-order valence-electron chi connectivity index (χ3n) is 4.17. The molecule has 1 aliphatic carbocycles. The van der Waals surface area contributed by atoms with Crippen LogP contribution >= 0.6 is 0 Å². The molecule has 1 atom stereocenters. The summed E-state index contributed by atoms with van der Waals surface area (Å²) in [6, 6.07) is 7.92. The number of aromatic amines is 1. The van der Waals surface area contributed by atoms with E-state index in [4.69, 9.17) is 5.73 Å². The Kier molecular flexibility index (Phi) is 3.49. The van der Waals surface area contributed by atoms with Crippen molar-refractivity contribution in [3.8, 4) is 0 Å². The molecule has 1 aliphatic rings. The Morgan fingerprint density at radius 1 is 1.45 bits per heavy atom. The Morgan fingerprint density at radius 2 is 2.20 bits per heavy atom. The quantitative estimate of drug-likeness (QED) is 0.795. The Morgan fingerprint density at radius 3 is 2.95 bits per heavy atom. The van der Waals surface area contributed by atoms with Crippen molar-refractivity contribution < 1.29 is 4.79 Å². The van der Waals surface area contributed by atoms with Crippen molar-refractivity contribution in [3.63, 3.8) is 0 Å². The number of hydrogen-bond acceptors (Lipinski definition) is 2. The maximum Gasteiger partial charge on any atom is 0.237 e. The molecule has 106 valence electrons. The summed E-state index contributed by atoms with van der Waals surface area (Å²) in [5.74, 6) is 0.692. The molecule has 0 bridgehead atoms. The molecule has 2 aromatic rings. The average Bonchev–Trinajstić information content (AvgIpc) is 2.80. The predicted molar refractivity (Wildman–Crippen MR) is 80.3 cm³/mol. The van der Waals surface area contributed by atoms with Gasteiger partial charge in [0.25, 0.3) is 0 Å². The van der Waals surface area contributed by atoms with Gasteiger partial charge in [-0.3, -0.25) is 4.79 Å². The van der Waals surface area contributed by atoms with Crippen LogP contribution in [-0.2, 0) is 11.2 Å². The molecule has 20 heavy (non-hydrogen) atoms. The fraction of sp³-hybridized carbons (Fsp3) is 0.438. The second-order valence-electron chi connectivity index (χ2n) is 5.95. The fourth-order valence-corrected chi connectivity index (χ4v) is 2.96. The second kappa shape index (κ2) is 5.29. The lowest BCUT2D eigenvalue weighted by Gasteiger charge is -2.33. The SMILES string of the molecule is CC1CC(NC(=O)[C@@H](N)Cc2c[nH]c3ccccc23)C1. The number of carbonyl (C=O) groups is 1. The third-order valence-corrected chi connectivity index (χ3v) is 4.17. The molecule has 1 amide bonds. The highest BCUT2D eigenvalue weighted by molar-refractivity contribution is 5.86. The summed E-state index contributed by atoms with van der Waals surface area (Å²) in [7, 11) is 0. The van der Waals surface area contributed by atoms with Crippen molar-refractivity contribution in [3.05, 3.63) is 36.0 Å². The van der Waals surface area contributed by atoms with E-state index in [1.807, 2.05) is 24.4 Å². The lowest BCUT2D eigenvalue weighted by atomic mass is 9.82. The van der Waals surface area contributed by atoms with Crippen LogP contribution in [-0.4, -0.2) is 23.0 Å². The van der Waals surface area contributed by atoms with Crippen LogP contribution in [0.4, 0.5) is 0 Å². The van der Waals surface area contributed by atoms with E-state index in [1.54, 1.807) is 0 Å². The molecule has 3 rings (SSSR count). The molecular weight excluding hydrogens is 250 g/mol. The number of hydrogen-bond donors (Lipinski definition) is 3. The summed E-state index contributed by atoms with van der Waals surface area (Å²) in [4.78, 5) is 15.3. The number of nitrogens with one attached hydrogen (secondary N) is 2. The number of aromatic nitrogens is 1. The summed E-state index contributed by atoms with van der Waals surface area (Å²) < 4.78 is 0. The molecule has 4 N–H and O–H groups in total. The van der Waals surface area contributed by atoms with Crippen LogP contribution < -0.4 is 11.1 Å². The van der Waals surface area contributed by atoms with Crippen molar-refractivity contribution in [2.45, 2.75) is 38.3 Å². The van der Waals surface area contributed by atoms with Crippen LogP contribution in [0.5, 0.6) is 0 Å². The molecule has 0 spiro atoms. The van der Waals surface area contributed by atoms with Crippen molar-refractivity contribution in [2.75, 3.05) is 0 Å². The predicted octanol–water partition coefficient (Wildman–Crippen LogP) is 1.95. The standard InChI is InChI=1S/C16H21N3O/c1-10-6-12(7-10)19-16(20)14(17)8-11-9-18-15-5-3-2-4-13(11)15/h2-5,9-10,12,14,18H,6-8,17H2,1H3,(H,19,20)/t10?,12?,14-/m0/s1. The molecule has 0 saturated heterocycles. The van der Waals surface area contributed by atoms with E-state index in [1.165, 1.54) is 0 Å². The number of para-hydroxylation sites is 1. The first kappa shape index (κ1) is 13.2. The molecule has 1 aromatic carbocycles. The molecule has 4 nitrogen and oxygen atoms in total. The van der Waals surface area contributed by atoms with E-state index in [-0.39, 0.29) is 5.91 Å². The fourth-order valence-electron chi connectivity index (χ4n) is 2.96. The van der Waals surface area contributed by atoms with Gasteiger partial charge in [-0.25, -0.2) is 0 Å². The highest BCUT2D eigenvalue weighted by atomic mass is 16.2. The zero-order valence-electron chi connectivity index (χ0n) is 11.7. The van der Waals surface area contributed by atoms with Crippen molar-refractivity contribution in [1.29, 1.82) is 0 Å². The smallest absolute Gasteiger partial charge is 0.237 e. The van der Waals surface area contributed by atoms with E-state index in [2.05, 4.69) is 23.3 Å². The minimum absolute atomic E-state index is 0.0350. The van der Waals surface area contributed by atoms with Gasteiger partial charge in [-0.2, -0.15) is 0 Å². The highest BCUT2D eigenvalue weighted by Crippen LogP contribution is 2.26. The van der Waals surface area contributed by atoms with Gasteiger partial charge in [-0.05, 0) is 36.8 Å². The maximum atomic E-state index is 12.1. The topological polar surface area (TPSA) is 70.9 Å². The number of carbonyl (C=O) groups excluding carboxylic acids is 1. The zero-order chi connectivity index (χ0) is 14.1. The van der Waals surface area contributed by atoms with E-state index < -0.39 is 6.04 Å². The zero-order valence-corrected chi connectivity index (χ0v) is 11.7. The van der Waals surface area contributed by atoms with E-state index in [0.717, 1.165) is 35.2 Å². The van der Waals surface area contributed by atoms with Gasteiger partial charge >= 0.3 is 0 Å². The molecule has 1 fully saturated rings. The normalized spacial score (nSPS) is 23.3. The number of benzene rings is 1. The van der Waals surface area contributed by atoms with Gasteiger partial charge < -0.3 is 16.0 Å². The highest BCUT2D eigenvalue weighted by Gasteiger charge is 2.28. The number of rotatable bonds is 4. The van der Waals surface area contributed by atoms with Crippen LogP contribution in [0.25, 0.3) is 10.9 Å². The summed E-state index contributed by atoms with van der Waals surface area (Å²) in [5, 5.41) is 4.18. The van der Waals surface area contributed by atoms with Crippen molar-refractivity contribution in [2.24, 2.45) is 11.7 Å². The Bertz CT molecular complexity index is 613. The summed E-state index contributed by atoms with van der Waals surface area (Å²) in [5.41, 5.74) is 8.22. The molecule has 1 heterocycles. The molecular formula is C16H21N3O. The molecule has 0 radical (unpaired) electrons. The second-order valence-corrected chi connectivity index (χ2v) is 5.95. The first-order valence-corrected chi connectivity index (χ1v) is 7.24. The Labute approximate surface area is 118 Å². The number of H-pyrrole nitrogens is 1. The van der Waals surface area contributed by atoms with Crippen LogP contribution in [0.15, 0.2) is 30.5 Å². The molecule has 1 saturated carbocycles. The van der Waals surface area contributed by atoms with Gasteiger partial charge in [0.15, 0.2) is 0 Å². The first-order chi connectivity index (χ1) is 9.63. The summed E-state index contributed by atoms with van der Waals surface area (Å²) in [6.07, 6.45) is 4.67. The van der Waals surface area contributed by atoms with Crippen molar-refractivity contribution in [1.82, 2.24) is 10.3 Å². The minimum atomic E-state index is -0.481. The van der Waals surface area contributed by atoms with Crippen LogP contribution in [0.2, 0.25) is 0 Å². The van der Waals surface area contributed by atoms with Crippen LogP contribution in [0.1, 0.15) is 25.3 Å². The lowest BCUT2D eigenvalue weighted by molar-refractivity contribution is -0.123. The van der Waals surface area contributed by atoms with Gasteiger partial charge in [-0.15, -0.1) is 0 Å². The van der Waals surface area contributed by atoms with E-state index in [0.29, 0.717) is 12.5 Å². The number of fused-ring (bicyclic) bond motifs is 1. The first-order valence-electron chi connectivity index (χ1n) is 7.24. The average molecular weight is 271 g/mol. The van der Waals surface area contributed by atoms with Crippen molar-refractivity contribution >= 4 is 16.8 Å². The van der Waals surface area contributed by atoms with E-state index in [9.17, 15) is 4.79 Å². The largest absolute Gasteiger partial charge is 0.361 e. The van der Waals surface area contributed by atoms with Gasteiger partial charge in [0.1, 0.15) is 0 Å². The van der Waals surface area contributed by atoms with Crippen LogP contribution in [0.3, 0.4) is 0 Å². The number of nitrogens with two attached hydrogens (primary N) is 1. The summed E-state index contributed by atoms with van der Waals surface area (Å²) in [6.45, 7) is 2.20. The molecule has 1 aromatic heterocycles. The summed E-state index contributed by atoms with van der Waals surface area (Å²) >= 11 is 0. The van der Waals surface area contributed by atoms with Gasteiger partial charge in [0.05, 0.1) is 6.04 Å². The van der Waals surface area contributed by atoms with Gasteiger partial charge in [-0.1, -0.05) is 25.1 Å².